The quantitative estimate of drug-likeness (QED) is 0.705. The zero-order chi connectivity index (χ0) is 11.5. The van der Waals surface area contributed by atoms with Gasteiger partial charge in [0.25, 0.3) is 0 Å². The zero-order valence-corrected chi connectivity index (χ0v) is 9.41. The zero-order valence-electron chi connectivity index (χ0n) is 8.66. The molecule has 0 amide bonds. The summed E-state index contributed by atoms with van der Waals surface area (Å²) in [6.45, 7) is 3.75. The van der Waals surface area contributed by atoms with Crippen LogP contribution in [0, 0.1) is 0 Å². The second-order valence-corrected chi connectivity index (χ2v) is 3.82. The molecule has 0 fully saturated rings. The van der Waals surface area contributed by atoms with Gasteiger partial charge < -0.3 is 16.2 Å². The molecular formula is C8H14ClN5O. The summed E-state index contributed by atoms with van der Waals surface area (Å²) in [7, 11) is 0. The Balaban J connectivity index is 2.88. The van der Waals surface area contributed by atoms with Crippen LogP contribution in [0.15, 0.2) is 0 Å². The lowest BCUT2D eigenvalue weighted by molar-refractivity contribution is 0.218. The van der Waals surface area contributed by atoms with Crippen LogP contribution in [0.4, 0.5) is 11.9 Å². The van der Waals surface area contributed by atoms with Crippen LogP contribution >= 0.6 is 11.6 Å². The lowest BCUT2D eigenvalue weighted by Crippen LogP contribution is -2.38. The standard InChI is InChI=1S/C8H14ClN5O/c1-3-8(2,4-15)14-7-12-5(9)11-6(10)13-7/h15H,3-4H2,1-2H3,(H3,10,11,12,13,14). The molecule has 1 rings (SSSR count). The van der Waals surface area contributed by atoms with Gasteiger partial charge in [-0.1, -0.05) is 6.92 Å². The van der Waals surface area contributed by atoms with Crippen LogP contribution in [0.5, 0.6) is 0 Å². The SMILES string of the molecule is CCC(C)(CO)Nc1nc(N)nc(Cl)n1. The van der Waals surface area contributed by atoms with Crippen molar-refractivity contribution in [2.45, 2.75) is 25.8 Å². The molecule has 1 aromatic heterocycles. The van der Waals surface area contributed by atoms with Crippen LogP contribution in [0.2, 0.25) is 5.28 Å². The minimum atomic E-state index is -0.489. The highest BCUT2D eigenvalue weighted by atomic mass is 35.5. The summed E-state index contributed by atoms with van der Waals surface area (Å²) >= 11 is 5.62. The van der Waals surface area contributed by atoms with Crippen LogP contribution < -0.4 is 11.1 Å². The van der Waals surface area contributed by atoms with Gasteiger partial charge >= 0.3 is 0 Å². The van der Waals surface area contributed by atoms with E-state index in [1.165, 1.54) is 0 Å². The van der Waals surface area contributed by atoms with Gasteiger partial charge in [-0.3, -0.25) is 0 Å². The average Bonchev–Trinajstić information content (AvgIpc) is 2.16. The maximum absolute atomic E-state index is 9.19. The molecule has 0 radical (unpaired) electrons. The first-order valence-corrected chi connectivity index (χ1v) is 4.93. The maximum Gasteiger partial charge on any atom is 0.229 e. The van der Waals surface area contributed by atoms with E-state index in [0.29, 0.717) is 6.42 Å². The molecule has 1 aromatic rings. The predicted molar refractivity (Wildman–Crippen MR) is 58.7 cm³/mol. The fourth-order valence-corrected chi connectivity index (χ4v) is 1.10. The Hall–Kier alpha value is -1.14. The average molecular weight is 232 g/mol. The fourth-order valence-electron chi connectivity index (χ4n) is 0.931. The molecule has 6 nitrogen and oxygen atoms in total. The smallest absolute Gasteiger partial charge is 0.229 e. The number of nitrogens with one attached hydrogen (secondary N) is 1. The van der Waals surface area contributed by atoms with E-state index in [2.05, 4.69) is 20.3 Å². The van der Waals surface area contributed by atoms with Gasteiger partial charge in [0.1, 0.15) is 0 Å². The first-order valence-electron chi connectivity index (χ1n) is 4.55. The van der Waals surface area contributed by atoms with Gasteiger partial charge in [0.2, 0.25) is 17.2 Å². The summed E-state index contributed by atoms with van der Waals surface area (Å²) < 4.78 is 0. The summed E-state index contributed by atoms with van der Waals surface area (Å²) in [6, 6.07) is 0. The molecule has 15 heavy (non-hydrogen) atoms. The highest BCUT2D eigenvalue weighted by molar-refractivity contribution is 6.28. The lowest BCUT2D eigenvalue weighted by atomic mass is 10.0. The Morgan fingerprint density at radius 1 is 1.47 bits per heavy atom. The Morgan fingerprint density at radius 3 is 2.60 bits per heavy atom. The second-order valence-electron chi connectivity index (χ2n) is 3.48. The van der Waals surface area contributed by atoms with Crippen LogP contribution in [0.1, 0.15) is 20.3 Å². The van der Waals surface area contributed by atoms with Crippen molar-refractivity contribution in [1.82, 2.24) is 15.0 Å². The molecule has 1 unspecified atom stereocenters. The minimum Gasteiger partial charge on any atom is -0.394 e. The molecule has 7 heteroatoms. The van der Waals surface area contributed by atoms with E-state index in [1.807, 2.05) is 13.8 Å². The van der Waals surface area contributed by atoms with E-state index < -0.39 is 5.54 Å². The third-order valence-corrected chi connectivity index (χ3v) is 2.34. The van der Waals surface area contributed by atoms with Crippen molar-refractivity contribution >= 4 is 23.5 Å². The van der Waals surface area contributed by atoms with E-state index in [4.69, 9.17) is 17.3 Å². The van der Waals surface area contributed by atoms with Gasteiger partial charge in [-0.15, -0.1) is 0 Å². The Morgan fingerprint density at radius 2 is 2.13 bits per heavy atom. The summed E-state index contributed by atoms with van der Waals surface area (Å²) in [5.74, 6) is 0.319. The number of hydrogen-bond donors (Lipinski definition) is 3. The highest BCUT2D eigenvalue weighted by Gasteiger charge is 2.22. The van der Waals surface area contributed by atoms with Gasteiger partial charge in [-0.2, -0.15) is 15.0 Å². The van der Waals surface area contributed by atoms with Crippen LogP contribution in [-0.4, -0.2) is 32.2 Å². The van der Waals surface area contributed by atoms with Crippen molar-refractivity contribution in [1.29, 1.82) is 0 Å². The Kier molecular flexibility index (Phi) is 3.65. The molecule has 0 aliphatic heterocycles. The molecular weight excluding hydrogens is 218 g/mol. The number of hydrogen-bond acceptors (Lipinski definition) is 6. The number of aliphatic hydroxyl groups excluding tert-OH is 1. The summed E-state index contributed by atoms with van der Waals surface area (Å²) in [4.78, 5) is 11.4. The minimum absolute atomic E-state index is 0.0291. The monoisotopic (exact) mass is 231 g/mol. The highest BCUT2D eigenvalue weighted by Crippen LogP contribution is 2.16. The number of aromatic nitrogens is 3. The number of aliphatic hydroxyl groups is 1. The predicted octanol–water partition coefficient (Wildman–Crippen LogP) is 0.680. The molecule has 84 valence electrons. The van der Waals surface area contributed by atoms with Gasteiger partial charge in [0.15, 0.2) is 0 Å². The molecule has 1 atom stereocenters. The summed E-state index contributed by atoms with van der Waals surface area (Å²) in [6.07, 6.45) is 0.715. The van der Waals surface area contributed by atoms with Crippen molar-refractivity contribution in [3.63, 3.8) is 0 Å². The van der Waals surface area contributed by atoms with Gasteiger partial charge in [0.05, 0.1) is 12.1 Å². The first kappa shape index (κ1) is 11.9. The Bertz CT molecular complexity index is 322. The maximum atomic E-state index is 9.19. The Labute approximate surface area is 92.9 Å². The number of halogens is 1. The van der Waals surface area contributed by atoms with E-state index in [0.717, 1.165) is 0 Å². The van der Waals surface area contributed by atoms with Crippen molar-refractivity contribution in [2.75, 3.05) is 17.7 Å². The van der Waals surface area contributed by atoms with Gasteiger partial charge in [0, 0.05) is 0 Å². The largest absolute Gasteiger partial charge is 0.394 e. The summed E-state index contributed by atoms with van der Waals surface area (Å²) in [5.41, 5.74) is 4.92. The van der Waals surface area contributed by atoms with E-state index in [1.54, 1.807) is 0 Å². The van der Waals surface area contributed by atoms with E-state index in [9.17, 15) is 5.11 Å². The first-order chi connectivity index (χ1) is 6.99. The number of anilines is 2. The molecule has 0 bridgehead atoms. The normalized spacial score (nSPS) is 14.7. The molecule has 0 aromatic carbocycles. The molecule has 0 spiro atoms. The van der Waals surface area contributed by atoms with Crippen molar-refractivity contribution in [3.8, 4) is 0 Å². The van der Waals surface area contributed by atoms with Crippen molar-refractivity contribution in [2.24, 2.45) is 0 Å². The number of nitrogens with two attached hydrogens (primary N) is 1. The molecule has 0 aliphatic rings. The molecule has 4 N–H and O–H groups in total. The van der Waals surface area contributed by atoms with Gasteiger partial charge in [-0.05, 0) is 24.9 Å². The lowest BCUT2D eigenvalue weighted by Gasteiger charge is -2.26. The number of nitrogens with zero attached hydrogens (tertiary/aromatic N) is 3. The van der Waals surface area contributed by atoms with Crippen LogP contribution in [-0.2, 0) is 0 Å². The summed E-state index contributed by atoms with van der Waals surface area (Å²) in [5, 5.41) is 12.2. The number of rotatable bonds is 4. The molecule has 0 aliphatic carbocycles. The second kappa shape index (κ2) is 4.59. The van der Waals surface area contributed by atoms with Crippen molar-refractivity contribution < 1.29 is 5.11 Å². The third-order valence-electron chi connectivity index (χ3n) is 2.17. The van der Waals surface area contributed by atoms with E-state index in [-0.39, 0.29) is 23.8 Å². The number of nitrogen functional groups attached to an aromatic ring is 1. The molecule has 1 heterocycles. The van der Waals surface area contributed by atoms with Crippen LogP contribution in [0.3, 0.4) is 0 Å². The molecule has 0 saturated heterocycles. The fraction of sp³-hybridized carbons (Fsp3) is 0.625. The van der Waals surface area contributed by atoms with Crippen molar-refractivity contribution in [3.05, 3.63) is 5.28 Å². The third kappa shape index (κ3) is 3.17. The van der Waals surface area contributed by atoms with Gasteiger partial charge in [-0.25, -0.2) is 0 Å². The van der Waals surface area contributed by atoms with Crippen LogP contribution in [0.25, 0.3) is 0 Å². The topological polar surface area (TPSA) is 97.0 Å². The molecule has 0 saturated carbocycles. The van der Waals surface area contributed by atoms with E-state index >= 15 is 0 Å².